The Kier molecular flexibility index (Phi) is 8.56. The lowest BCUT2D eigenvalue weighted by atomic mass is 10.0. The van der Waals surface area contributed by atoms with Crippen LogP contribution in [0.4, 0.5) is 4.39 Å². The molecule has 0 aromatic heterocycles. The third-order valence-corrected chi connectivity index (χ3v) is 4.50. The average Bonchev–Trinajstić information content (AvgIpc) is 2.56. The van der Waals surface area contributed by atoms with Crippen LogP contribution in [0.1, 0.15) is 18.5 Å². The number of hydrogen-bond acceptors (Lipinski definition) is 4. The third kappa shape index (κ3) is 5.38. The summed E-state index contributed by atoms with van der Waals surface area (Å²) in [5, 5.41) is 0.644. The van der Waals surface area contributed by atoms with Crippen molar-refractivity contribution in [2.75, 3.05) is 6.61 Å². The van der Waals surface area contributed by atoms with Crippen molar-refractivity contribution in [1.82, 2.24) is 0 Å². The summed E-state index contributed by atoms with van der Waals surface area (Å²) in [5.41, 5.74) is 6.50. The van der Waals surface area contributed by atoms with Gasteiger partial charge in [-0.1, -0.05) is 41.6 Å². The average molecular weight is 390 g/mol. The number of ether oxygens (including phenoxy) is 1. The van der Waals surface area contributed by atoms with Gasteiger partial charge in [0, 0.05) is 14.8 Å². The zero-order chi connectivity index (χ0) is 16.8. The Morgan fingerprint density at radius 3 is 2.50 bits per heavy atom. The fourth-order valence-corrected chi connectivity index (χ4v) is 3.13. The molecule has 0 aliphatic rings. The fourth-order valence-electron chi connectivity index (χ4n) is 2.00. The van der Waals surface area contributed by atoms with Crippen molar-refractivity contribution in [1.29, 1.82) is 0 Å². The van der Waals surface area contributed by atoms with Crippen LogP contribution in [0.3, 0.4) is 0 Å². The minimum Gasteiger partial charge on any atom is -0.464 e. The van der Waals surface area contributed by atoms with Crippen LogP contribution in [-0.2, 0) is 9.53 Å². The van der Waals surface area contributed by atoms with Crippen LogP contribution < -0.4 is 5.73 Å². The highest BCUT2D eigenvalue weighted by Crippen LogP contribution is 2.34. The predicted molar refractivity (Wildman–Crippen MR) is 97.7 cm³/mol. The maximum absolute atomic E-state index is 14.2. The first kappa shape index (κ1) is 20.8. The first-order valence-electron chi connectivity index (χ1n) is 7.11. The first-order valence-corrected chi connectivity index (χ1v) is 8.31. The molecule has 1 unspecified atom stereocenters. The molecule has 7 heteroatoms. The molecule has 2 aromatic rings. The molecule has 0 saturated carbocycles. The molecule has 0 fully saturated rings. The summed E-state index contributed by atoms with van der Waals surface area (Å²) in [5.74, 6) is -0.939. The van der Waals surface area contributed by atoms with Crippen LogP contribution in [0.15, 0.2) is 58.3 Å². The van der Waals surface area contributed by atoms with Gasteiger partial charge < -0.3 is 10.5 Å². The zero-order valence-corrected chi connectivity index (χ0v) is 15.3. The molecule has 0 aliphatic heterocycles. The lowest BCUT2D eigenvalue weighted by molar-refractivity contribution is -0.149. The number of alkyl halides is 1. The van der Waals surface area contributed by atoms with Crippen LogP contribution >= 0.6 is 35.8 Å². The topological polar surface area (TPSA) is 52.3 Å². The van der Waals surface area contributed by atoms with Crippen molar-refractivity contribution in [3.8, 4) is 0 Å². The number of halogens is 3. The second kappa shape index (κ2) is 9.89. The maximum atomic E-state index is 14.2. The van der Waals surface area contributed by atoms with Gasteiger partial charge in [-0.05, 0) is 42.8 Å². The molecule has 0 saturated heterocycles. The Hall–Kier alpha value is -1.27. The van der Waals surface area contributed by atoms with Crippen molar-refractivity contribution in [3.05, 3.63) is 59.1 Å². The molecular formula is C17H18Cl2FNO2S. The Labute approximate surface area is 156 Å². The predicted octanol–water partition coefficient (Wildman–Crippen LogP) is 4.81. The van der Waals surface area contributed by atoms with E-state index in [1.165, 1.54) is 11.8 Å². The molecule has 130 valence electrons. The van der Waals surface area contributed by atoms with Gasteiger partial charge in [0.2, 0.25) is 6.17 Å². The smallest absolute Gasteiger partial charge is 0.342 e. The summed E-state index contributed by atoms with van der Waals surface area (Å²) in [4.78, 5) is 13.3. The van der Waals surface area contributed by atoms with Crippen LogP contribution in [0.2, 0.25) is 5.02 Å². The maximum Gasteiger partial charge on any atom is 0.342 e. The SMILES string of the molecule is CCOC(=O)C(F)[C@H](N)c1ccccc1Sc1ccc(Cl)cc1.Cl. The second-order valence-corrected chi connectivity index (χ2v) is 6.33. The van der Waals surface area contributed by atoms with Crippen molar-refractivity contribution in [2.24, 2.45) is 5.73 Å². The summed E-state index contributed by atoms with van der Waals surface area (Å²) in [6.45, 7) is 1.74. The summed E-state index contributed by atoms with van der Waals surface area (Å²) < 4.78 is 18.9. The van der Waals surface area contributed by atoms with E-state index in [1.807, 2.05) is 24.3 Å². The van der Waals surface area contributed by atoms with Crippen molar-refractivity contribution in [2.45, 2.75) is 28.9 Å². The molecule has 2 N–H and O–H groups in total. The molecule has 0 amide bonds. The van der Waals surface area contributed by atoms with Gasteiger partial charge in [0.15, 0.2) is 0 Å². The van der Waals surface area contributed by atoms with Crippen molar-refractivity contribution in [3.63, 3.8) is 0 Å². The van der Waals surface area contributed by atoms with E-state index >= 15 is 0 Å². The summed E-state index contributed by atoms with van der Waals surface area (Å²) in [7, 11) is 0. The van der Waals surface area contributed by atoms with E-state index in [2.05, 4.69) is 0 Å². The molecule has 0 spiro atoms. The lowest BCUT2D eigenvalue weighted by Crippen LogP contribution is -2.31. The van der Waals surface area contributed by atoms with Gasteiger partial charge in [-0.25, -0.2) is 9.18 Å². The van der Waals surface area contributed by atoms with Crippen molar-refractivity contribution < 1.29 is 13.9 Å². The van der Waals surface area contributed by atoms with E-state index in [0.29, 0.717) is 10.6 Å². The third-order valence-electron chi connectivity index (χ3n) is 3.15. The number of esters is 1. The van der Waals surface area contributed by atoms with Gasteiger partial charge in [-0.2, -0.15) is 0 Å². The van der Waals surface area contributed by atoms with Gasteiger partial charge in [0.25, 0.3) is 0 Å². The summed E-state index contributed by atoms with van der Waals surface area (Å²) in [6, 6.07) is 13.4. The molecule has 0 radical (unpaired) electrons. The molecule has 2 rings (SSSR count). The van der Waals surface area contributed by atoms with Gasteiger partial charge in [-0.3, -0.25) is 0 Å². The molecule has 3 nitrogen and oxygen atoms in total. The standard InChI is InChI=1S/C17H17ClFNO2S.ClH/c1-2-22-17(21)15(19)16(20)13-5-3-4-6-14(13)23-12-9-7-11(18)8-10-12;/h3-10,15-16H,2,20H2,1H3;1H/t15?,16-;/m1./s1. The molecule has 24 heavy (non-hydrogen) atoms. The zero-order valence-electron chi connectivity index (χ0n) is 12.9. The minimum atomic E-state index is -1.90. The van der Waals surface area contributed by atoms with Gasteiger partial charge in [-0.15, -0.1) is 12.4 Å². The molecular weight excluding hydrogens is 372 g/mol. The van der Waals surface area contributed by atoms with Crippen LogP contribution in [0.25, 0.3) is 0 Å². The van der Waals surface area contributed by atoms with Crippen LogP contribution in [0.5, 0.6) is 0 Å². The van der Waals surface area contributed by atoms with E-state index in [1.54, 1.807) is 31.2 Å². The van der Waals surface area contributed by atoms with E-state index in [9.17, 15) is 9.18 Å². The second-order valence-electron chi connectivity index (χ2n) is 4.77. The number of nitrogens with two attached hydrogens (primary N) is 1. The molecule has 2 atom stereocenters. The number of rotatable bonds is 6. The molecule has 2 aromatic carbocycles. The monoisotopic (exact) mass is 389 g/mol. The molecule has 0 aliphatic carbocycles. The Morgan fingerprint density at radius 2 is 1.88 bits per heavy atom. The Morgan fingerprint density at radius 1 is 1.25 bits per heavy atom. The number of benzene rings is 2. The highest BCUT2D eigenvalue weighted by molar-refractivity contribution is 7.99. The summed E-state index contributed by atoms with van der Waals surface area (Å²) in [6.07, 6.45) is -1.90. The van der Waals surface area contributed by atoms with Gasteiger partial charge >= 0.3 is 5.97 Å². The van der Waals surface area contributed by atoms with Gasteiger partial charge in [0.05, 0.1) is 12.6 Å². The lowest BCUT2D eigenvalue weighted by Gasteiger charge is -2.18. The Bertz CT molecular complexity index is 670. The van der Waals surface area contributed by atoms with E-state index in [-0.39, 0.29) is 19.0 Å². The summed E-state index contributed by atoms with van der Waals surface area (Å²) >= 11 is 7.31. The highest BCUT2D eigenvalue weighted by Gasteiger charge is 2.29. The number of hydrogen-bond donors (Lipinski definition) is 1. The highest BCUT2D eigenvalue weighted by atomic mass is 35.5. The van der Waals surface area contributed by atoms with Crippen LogP contribution in [0, 0.1) is 0 Å². The normalized spacial score (nSPS) is 12.8. The largest absolute Gasteiger partial charge is 0.464 e. The Balaban J connectivity index is 0.00000288. The van der Waals surface area contributed by atoms with E-state index < -0.39 is 18.2 Å². The molecule has 0 heterocycles. The van der Waals surface area contributed by atoms with Crippen molar-refractivity contribution >= 4 is 41.7 Å². The number of carbonyl (C=O) groups is 1. The molecule has 0 bridgehead atoms. The van der Waals surface area contributed by atoms with E-state index in [0.717, 1.165) is 9.79 Å². The van der Waals surface area contributed by atoms with Gasteiger partial charge in [0.1, 0.15) is 0 Å². The minimum absolute atomic E-state index is 0. The van der Waals surface area contributed by atoms with Crippen LogP contribution in [-0.4, -0.2) is 18.7 Å². The number of carbonyl (C=O) groups excluding carboxylic acids is 1. The van der Waals surface area contributed by atoms with E-state index in [4.69, 9.17) is 22.1 Å². The first-order chi connectivity index (χ1) is 11.0. The fraction of sp³-hybridized carbons (Fsp3) is 0.235. The quantitative estimate of drug-likeness (QED) is 0.719.